The quantitative estimate of drug-likeness (QED) is 0.705. The van der Waals surface area contributed by atoms with Crippen LogP contribution in [-0.4, -0.2) is 28.2 Å². The number of benzene rings is 1. The van der Waals surface area contributed by atoms with Crippen LogP contribution in [0.4, 0.5) is 0 Å². The zero-order valence-corrected chi connectivity index (χ0v) is 12.7. The molecular weight excluding hydrogens is 288 g/mol. The number of ether oxygens (including phenoxy) is 1. The van der Waals surface area contributed by atoms with Gasteiger partial charge in [0.15, 0.2) is 0 Å². The van der Waals surface area contributed by atoms with E-state index < -0.39 is 10.0 Å². The third-order valence-corrected chi connectivity index (χ3v) is 4.63. The lowest BCUT2D eigenvalue weighted by atomic mass is 10.2. The highest BCUT2D eigenvalue weighted by Crippen LogP contribution is 2.28. The number of nitrogens with zero attached hydrogens (tertiary/aromatic N) is 1. The molecule has 1 saturated carbocycles. The molecule has 2 rings (SSSR count). The lowest BCUT2D eigenvalue weighted by Crippen LogP contribution is -2.27. The Kier molecular flexibility index (Phi) is 5.74. The van der Waals surface area contributed by atoms with Crippen LogP contribution in [0.25, 0.3) is 0 Å². The van der Waals surface area contributed by atoms with Crippen molar-refractivity contribution >= 4 is 10.0 Å². The minimum absolute atomic E-state index is 0.0678. The molecule has 0 amide bonds. The first-order chi connectivity index (χ1) is 10.1. The molecule has 0 bridgehead atoms. The van der Waals surface area contributed by atoms with Crippen LogP contribution in [0.3, 0.4) is 0 Å². The Bertz CT molecular complexity index is 586. The predicted molar refractivity (Wildman–Crippen MR) is 79.9 cm³/mol. The Morgan fingerprint density at radius 1 is 1.29 bits per heavy atom. The van der Waals surface area contributed by atoms with Gasteiger partial charge in [0.2, 0.25) is 10.0 Å². The molecule has 6 heteroatoms. The standard InChI is InChI=1S/C15H20N2O3S/c16-10-13-2-6-15(7-3-13)12-21(18,19)17-8-1-9-20-11-14-4-5-14/h2-3,6-7,14,17H,1,4-5,8-9,11-12H2. The fourth-order valence-electron chi connectivity index (χ4n) is 1.88. The van der Waals surface area contributed by atoms with Gasteiger partial charge in [-0.1, -0.05) is 12.1 Å². The molecule has 1 aliphatic carbocycles. The molecule has 0 unspecified atom stereocenters. The number of hydrogen-bond donors (Lipinski definition) is 1. The van der Waals surface area contributed by atoms with E-state index in [4.69, 9.17) is 10.00 Å². The largest absolute Gasteiger partial charge is 0.381 e. The van der Waals surface area contributed by atoms with Crippen molar-refractivity contribution in [2.45, 2.75) is 25.0 Å². The molecule has 0 heterocycles. The monoisotopic (exact) mass is 308 g/mol. The molecule has 0 spiro atoms. The number of rotatable bonds is 9. The average molecular weight is 308 g/mol. The van der Waals surface area contributed by atoms with E-state index in [1.165, 1.54) is 12.8 Å². The first-order valence-electron chi connectivity index (χ1n) is 7.13. The molecule has 0 saturated heterocycles. The average Bonchev–Trinajstić information content (AvgIpc) is 3.27. The predicted octanol–water partition coefficient (Wildman–Crippen LogP) is 1.79. The van der Waals surface area contributed by atoms with E-state index in [1.54, 1.807) is 24.3 Å². The second kappa shape index (κ2) is 7.55. The van der Waals surface area contributed by atoms with Crippen molar-refractivity contribution in [1.82, 2.24) is 4.72 Å². The van der Waals surface area contributed by atoms with Crippen LogP contribution in [0, 0.1) is 17.2 Å². The fourth-order valence-corrected chi connectivity index (χ4v) is 3.07. The summed E-state index contributed by atoms with van der Waals surface area (Å²) in [4.78, 5) is 0. The van der Waals surface area contributed by atoms with Crippen molar-refractivity contribution in [2.24, 2.45) is 5.92 Å². The minimum atomic E-state index is -3.33. The van der Waals surface area contributed by atoms with Gasteiger partial charge in [0, 0.05) is 19.8 Å². The summed E-state index contributed by atoms with van der Waals surface area (Å²) >= 11 is 0. The Hall–Kier alpha value is -1.42. The van der Waals surface area contributed by atoms with Crippen molar-refractivity contribution in [3.63, 3.8) is 0 Å². The molecule has 0 aromatic heterocycles. The summed E-state index contributed by atoms with van der Waals surface area (Å²) in [6, 6.07) is 8.57. The molecule has 1 N–H and O–H groups in total. The zero-order chi connectivity index (χ0) is 15.1. The summed E-state index contributed by atoms with van der Waals surface area (Å²) in [7, 11) is -3.33. The summed E-state index contributed by atoms with van der Waals surface area (Å²) in [5, 5.41) is 8.69. The summed E-state index contributed by atoms with van der Waals surface area (Å²) < 4.78 is 31.8. The van der Waals surface area contributed by atoms with Crippen LogP contribution in [0.2, 0.25) is 0 Å². The maximum absolute atomic E-state index is 11.9. The van der Waals surface area contributed by atoms with Crippen molar-refractivity contribution in [3.05, 3.63) is 35.4 Å². The summed E-state index contributed by atoms with van der Waals surface area (Å²) in [5.74, 6) is 0.667. The van der Waals surface area contributed by atoms with Gasteiger partial charge in [0.25, 0.3) is 0 Å². The third kappa shape index (κ3) is 6.25. The van der Waals surface area contributed by atoms with Gasteiger partial charge in [-0.05, 0) is 42.9 Å². The van der Waals surface area contributed by atoms with E-state index in [9.17, 15) is 8.42 Å². The van der Waals surface area contributed by atoms with Crippen LogP contribution in [0.1, 0.15) is 30.4 Å². The van der Waals surface area contributed by atoms with Crippen molar-refractivity contribution in [3.8, 4) is 6.07 Å². The van der Waals surface area contributed by atoms with E-state index in [-0.39, 0.29) is 5.75 Å². The van der Waals surface area contributed by atoms with E-state index in [2.05, 4.69) is 4.72 Å². The lowest BCUT2D eigenvalue weighted by Gasteiger charge is -2.07. The van der Waals surface area contributed by atoms with E-state index >= 15 is 0 Å². The molecule has 5 nitrogen and oxygen atoms in total. The number of nitriles is 1. The van der Waals surface area contributed by atoms with Gasteiger partial charge < -0.3 is 4.74 Å². The number of nitrogens with one attached hydrogen (secondary N) is 1. The van der Waals surface area contributed by atoms with Gasteiger partial charge in [-0.2, -0.15) is 5.26 Å². The molecule has 1 fully saturated rings. The Balaban J connectivity index is 1.66. The molecule has 1 aliphatic rings. The normalized spacial score (nSPS) is 14.8. The molecule has 0 aliphatic heterocycles. The molecule has 0 radical (unpaired) electrons. The van der Waals surface area contributed by atoms with Crippen molar-refractivity contribution in [1.29, 1.82) is 5.26 Å². The summed E-state index contributed by atoms with van der Waals surface area (Å²) in [6.07, 6.45) is 3.20. The highest BCUT2D eigenvalue weighted by atomic mass is 32.2. The van der Waals surface area contributed by atoms with Crippen LogP contribution in [0.15, 0.2) is 24.3 Å². The van der Waals surface area contributed by atoms with Crippen LogP contribution in [0.5, 0.6) is 0 Å². The maximum Gasteiger partial charge on any atom is 0.215 e. The minimum Gasteiger partial charge on any atom is -0.381 e. The molecule has 1 aromatic carbocycles. The zero-order valence-electron chi connectivity index (χ0n) is 11.9. The van der Waals surface area contributed by atoms with Gasteiger partial charge in [-0.25, -0.2) is 13.1 Å². The molecule has 114 valence electrons. The van der Waals surface area contributed by atoms with Gasteiger partial charge in [-0.15, -0.1) is 0 Å². The van der Waals surface area contributed by atoms with E-state index in [1.807, 2.05) is 6.07 Å². The fraction of sp³-hybridized carbons (Fsp3) is 0.533. The van der Waals surface area contributed by atoms with E-state index in [0.29, 0.717) is 30.7 Å². The Morgan fingerprint density at radius 2 is 2.00 bits per heavy atom. The summed E-state index contributed by atoms with van der Waals surface area (Å²) in [5.41, 5.74) is 1.20. The summed E-state index contributed by atoms with van der Waals surface area (Å²) in [6.45, 7) is 1.79. The highest BCUT2D eigenvalue weighted by Gasteiger charge is 2.20. The van der Waals surface area contributed by atoms with Gasteiger partial charge in [0.1, 0.15) is 0 Å². The van der Waals surface area contributed by atoms with E-state index in [0.717, 1.165) is 12.5 Å². The number of sulfonamides is 1. The Morgan fingerprint density at radius 3 is 2.62 bits per heavy atom. The SMILES string of the molecule is N#Cc1ccc(CS(=O)(=O)NCCCOCC2CC2)cc1. The highest BCUT2D eigenvalue weighted by molar-refractivity contribution is 7.88. The maximum atomic E-state index is 11.9. The second-order valence-electron chi connectivity index (χ2n) is 5.33. The second-order valence-corrected chi connectivity index (χ2v) is 7.14. The first kappa shape index (κ1) is 16.0. The van der Waals surface area contributed by atoms with Crippen LogP contribution >= 0.6 is 0 Å². The van der Waals surface area contributed by atoms with Crippen molar-refractivity contribution < 1.29 is 13.2 Å². The first-order valence-corrected chi connectivity index (χ1v) is 8.78. The van der Waals surface area contributed by atoms with Crippen LogP contribution in [-0.2, 0) is 20.5 Å². The Labute approximate surface area is 126 Å². The van der Waals surface area contributed by atoms with Gasteiger partial charge in [0.05, 0.1) is 17.4 Å². The third-order valence-electron chi connectivity index (χ3n) is 3.28. The van der Waals surface area contributed by atoms with Gasteiger partial charge in [-0.3, -0.25) is 0 Å². The van der Waals surface area contributed by atoms with Crippen LogP contribution < -0.4 is 4.72 Å². The molecular formula is C15H20N2O3S. The van der Waals surface area contributed by atoms with Crippen molar-refractivity contribution in [2.75, 3.05) is 19.8 Å². The molecule has 1 aromatic rings. The lowest BCUT2D eigenvalue weighted by molar-refractivity contribution is 0.123. The molecule has 21 heavy (non-hydrogen) atoms. The molecule has 0 atom stereocenters. The van der Waals surface area contributed by atoms with Gasteiger partial charge >= 0.3 is 0 Å². The number of hydrogen-bond acceptors (Lipinski definition) is 4. The topological polar surface area (TPSA) is 79.2 Å². The smallest absolute Gasteiger partial charge is 0.215 e.